The smallest absolute Gasteiger partial charge is 0.230 e. The van der Waals surface area contributed by atoms with Gasteiger partial charge in [0.25, 0.3) is 0 Å². The maximum Gasteiger partial charge on any atom is 0.230 e. The normalized spacial score (nSPS) is 20.6. The molecule has 8 nitrogen and oxygen atoms in total. The van der Waals surface area contributed by atoms with Gasteiger partial charge in [-0.25, -0.2) is 9.97 Å². The van der Waals surface area contributed by atoms with Crippen LogP contribution in [-0.2, 0) is 5.54 Å². The fourth-order valence-corrected chi connectivity index (χ4v) is 6.09. The van der Waals surface area contributed by atoms with E-state index in [4.69, 9.17) is 4.98 Å². The maximum atomic E-state index is 12.8. The number of aromatic nitrogens is 4. The molecule has 3 aromatic rings. The van der Waals surface area contributed by atoms with Crippen molar-refractivity contribution in [1.29, 1.82) is 0 Å². The Morgan fingerprint density at radius 3 is 2.56 bits per heavy atom. The molecule has 8 heteroatoms. The molecule has 6 rings (SSSR count). The van der Waals surface area contributed by atoms with Gasteiger partial charge in [-0.1, -0.05) is 26.2 Å². The van der Waals surface area contributed by atoms with Crippen molar-refractivity contribution in [3.63, 3.8) is 0 Å². The largest absolute Gasteiger partial charge is 0.368 e. The van der Waals surface area contributed by atoms with Crippen LogP contribution in [-0.4, -0.2) is 62.9 Å². The lowest BCUT2D eigenvalue weighted by molar-refractivity contribution is 0.0852. The Balaban J connectivity index is 1.26. The Labute approximate surface area is 200 Å². The molecule has 1 spiro atoms. The Morgan fingerprint density at radius 1 is 1.00 bits per heavy atom. The minimum absolute atomic E-state index is 0.0244. The van der Waals surface area contributed by atoms with Crippen LogP contribution in [0, 0.1) is 0 Å². The molecule has 1 saturated carbocycles. The van der Waals surface area contributed by atoms with E-state index >= 15 is 0 Å². The summed E-state index contributed by atoms with van der Waals surface area (Å²) in [7, 11) is 0. The van der Waals surface area contributed by atoms with Gasteiger partial charge in [0.15, 0.2) is 5.78 Å². The van der Waals surface area contributed by atoms with E-state index in [0.717, 1.165) is 80.2 Å². The first kappa shape index (κ1) is 21.5. The van der Waals surface area contributed by atoms with Crippen molar-refractivity contribution < 1.29 is 4.79 Å². The Kier molecular flexibility index (Phi) is 5.48. The molecule has 2 aliphatic heterocycles. The monoisotopic (exact) mass is 459 g/mol. The molecule has 1 saturated heterocycles. The second-order valence-corrected chi connectivity index (χ2v) is 9.99. The Hall–Kier alpha value is -3.00. The van der Waals surface area contributed by atoms with Crippen LogP contribution in [0.1, 0.15) is 62.4 Å². The predicted molar refractivity (Wildman–Crippen MR) is 134 cm³/mol. The van der Waals surface area contributed by atoms with Gasteiger partial charge in [0.05, 0.1) is 17.6 Å². The highest BCUT2D eigenvalue weighted by atomic mass is 16.1. The number of carbonyl (C=O) groups excluding carboxylic acids is 1. The number of nitrogens with zero attached hydrogens (tertiary/aromatic N) is 6. The van der Waals surface area contributed by atoms with Crippen molar-refractivity contribution in [2.75, 3.05) is 42.9 Å². The van der Waals surface area contributed by atoms with Crippen molar-refractivity contribution in [3.8, 4) is 0 Å². The molecular formula is C26H33N7O. The summed E-state index contributed by atoms with van der Waals surface area (Å²) >= 11 is 0. The van der Waals surface area contributed by atoms with E-state index in [2.05, 4.69) is 42.6 Å². The highest BCUT2D eigenvalue weighted by Gasteiger charge is 2.41. The average molecular weight is 460 g/mol. The second kappa shape index (κ2) is 8.65. The van der Waals surface area contributed by atoms with Crippen molar-refractivity contribution in [2.24, 2.45) is 0 Å². The Bertz CT molecular complexity index is 1190. The zero-order chi connectivity index (χ0) is 23.1. The molecule has 0 bridgehead atoms. The van der Waals surface area contributed by atoms with E-state index < -0.39 is 0 Å². The van der Waals surface area contributed by atoms with Crippen LogP contribution in [0.15, 0.2) is 30.6 Å². The zero-order valence-electron chi connectivity index (χ0n) is 20.0. The lowest BCUT2D eigenvalue weighted by atomic mass is 9.75. The molecule has 178 valence electrons. The fraction of sp³-hybridized carbons (Fsp3) is 0.538. The highest BCUT2D eigenvalue weighted by Crippen LogP contribution is 2.45. The van der Waals surface area contributed by atoms with Crippen molar-refractivity contribution in [2.45, 2.75) is 57.4 Å². The number of carbonyl (C=O) groups is 1. The molecule has 3 aliphatic rings. The van der Waals surface area contributed by atoms with Crippen LogP contribution >= 0.6 is 0 Å². The van der Waals surface area contributed by atoms with E-state index in [1.807, 2.05) is 24.5 Å². The van der Waals surface area contributed by atoms with Gasteiger partial charge < -0.3 is 19.7 Å². The summed E-state index contributed by atoms with van der Waals surface area (Å²) in [5, 5.41) is 4.22. The minimum Gasteiger partial charge on any atom is -0.368 e. The molecule has 5 heterocycles. The number of pyridine rings is 1. The number of ketones is 1. The number of piperazine rings is 1. The number of anilines is 3. The van der Waals surface area contributed by atoms with E-state index in [1.165, 1.54) is 19.3 Å². The van der Waals surface area contributed by atoms with Gasteiger partial charge in [-0.3, -0.25) is 4.79 Å². The van der Waals surface area contributed by atoms with E-state index in [9.17, 15) is 4.79 Å². The number of nitrogens with one attached hydrogen (secondary N) is 1. The van der Waals surface area contributed by atoms with Gasteiger partial charge in [-0.05, 0) is 44.0 Å². The number of fused-ring (bicyclic) bond motifs is 4. The molecule has 2 fully saturated rings. The third kappa shape index (κ3) is 3.74. The lowest BCUT2D eigenvalue weighted by Gasteiger charge is -2.42. The summed E-state index contributed by atoms with van der Waals surface area (Å²) < 4.78 is 2.26. The molecule has 34 heavy (non-hydrogen) atoms. The van der Waals surface area contributed by atoms with Crippen molar-refractivity contribution >= 4 is 34.3 Å². The standard InChI is InChI=1S/C26H33N7O/c1-2-31-12-14-32(15-13-31)20-6-7-23(27-18-20)29-25-28-17-19-16-21-22(34)8-11-26(9-4-3-5-10-26)33(21)24(19)30-25/h6-7,16-18H,2-5,8-15H2,1H3,(H,27,28,29,30). The Morgan fingerprint density at radius 2 is 1.82 bits per heavy atom. The summed E-state index contributed by atoms with van der Waals surface area (Å²) in [5.41, 5.74) is 2.85. The van der Waals surface area contributed by atoms with Gasteiger partial charge in [-0.2, -0.15) is 4.98 Å². The van der Waals surface area contributed by atoms with Crippen LogP contribution in [0.5, 0.6) is 0 Å². The lowest BCUT2D eigenvalue weighted by Crippen LogP contribution is -2.46. The maximum absolute atomic E-state index is 12.8. The number of hydrogen-bond donors (Lipinski definition) is 1. The van der Waals surface area contributed by atoms with Crippen LogP contribution in [0.2, 0.25) is 0 Å². The van der Waals surface area contributed by atoms with Crippen LogP contribution < -0.4 is 10.2 Å². The zero-order valence-corrected chi connectivity index (χ0v) is 20.0. The van der Waals surface area contributed by atoms with Crippen molar-refractivity contribution in [3.05, 3.63) is 36.3 Å². The highest BCUT2D eigenvalue weighted by molar-refractivity contribution is 6.00. The molecule has 0 unspecified atom stereocenters. The van der Waals surface area contributed by atoms with E-state index in [0.29, 0.717) is 12.4 Å². The second-order valence-electron chi connectivity index (χ2n) is 9.99. The van der Waals surface area contributed by atoms with Crippen LogP contribution in [0.3, 0.4) is 0 Å². The number of likely N-dealkylation sites (N-methyl/N-ethyl adjacent to an activating group) is 1. The third-order valence-electron chi connectivity index (χ3n) is 8.07. The summed E-state index contributed by atoms with van der Waals surface area (Å²) in [5.74, 6) is 1.47. The molecule has 0 aromatic carbocycles. The van der Waals surface area contributed by atoms with Gasteiger partial charge in [0, 0.05) is 49.7 Å². The SMILES string of the molecule is CCN1CCN(c2ccc(Nc3ncc4cc5n(c4n3)C3(CCCCC3)CCC5=O)nc2)CC1. The molecule has 0 amide bonds. The first-order valence-corrected chi connectivity index (χ1v) is 12.8. The summed E-state index contributed by atoms with van der Waals surface area (Å²) in [6.45, 7) is 7.57. The molecule has 0 atom stereocenters. The summed E-state index contributed by atoms with van der Waals surface area (Å²) in [4.78, 5) is 31.7. The quantitative estimate of drug-likeness (QED) is 0.621. The van der Waals surface area contributed by atoms with Gasteiger partial charge in [0.2, 0.25) is 5.95 Å². The summed E-state index contributed by atoms with van der Waals surface area (Å²) in [6, 6.07) is 6.10. The van der Waals surface area contributed by atoms with Gasteiger partial charge in [0.1, 0.15) is 11.5 Å². The average Bonchev–Trinajstić information content (AvgIpc) is 3.28. The minimum atomic E-state index is 0.0244. The van der Waals surface area contributed by atoms with Gasteiger partial charge in [-0.15, -0.1) is 0 Å². The van der Waals surface area contributed by atoms with E-state index in [-0.39, 0.29) is 11.3 Å². The number of Topliss-reactive ketones (excluding diaryl/α,β-unsaturated/α-hetero) is 1. The molecule has 1 aliphatic carbocycles. The predicted octanol–water partition coefficient (Wildman–Crippen LogP) is 4.35. The first-order valence-electron chi connectivity index (χ1n) is 12.8. The first-order chi connectivity index (χ1) is 16.6. The van der Waals surface area contributed by atoms with Crippen LogP contribution in [0.25, 0.3) is 11.0 Å². The third-order valence-corrected chi connectivity index (χ3v) is 8.07. The van der Waals surface area contributed by atoms with Crippen molar-refractivity contribution in [1.82, 2.24) is 24.4 Å². The molecular weight excluding hydrogens is 426 g/mol. The van der Waals surface area contributed by atoms with Gasteiger partial charge >= 0.3 is 0 Å². The number of hydrogen-bond acceptors (Lipinski definition) is 7. The van der Waals surface area contributed by atoms with Crippen LogP contribution in [0.4, 0.5) is 17.5 Å². The topological polar surface area (TPSA) is 79.2 Å². The van der Waals surface area contributed by atoms with E-state index in [1.54, 1.807) is 0 Å². The fourth-order valence-electron chi connectivity index (χ4n) is 6.09. The number of rotatable bonds is 4. The summed E-state index contributed by atoms with van der Waals surface area (Å²) in [6.07, 6.45) is 11.3. The molecule has 1 N–H and O–H groups in total. The molecule has 0 radical (unpaired) electrons. The molecule has 3 aromatic heterocycles.